The normalized spacial score (nSPS) is 10.5. The first-order valence-electron chi connectivity index (χ1n) is 5.89. The Hall–Kier alpha value is -1.75. The van der Waals surface area contributed by atoms with Gasteiger partial charge in [0.15, 0.2) is 5.16 Å². The van der Waals surface area contributed by atoms with Crippen LogP contribution in [-0.2, 0) is 5.75 Å². The highest BCUT2D eigenvalue weighted by Crippen LogP contribution is 2.25. The van der Waals surface area contributed by atoms with Crippen LogP contribution in [0.1, 0.15) is 16.8 Å². The number of hydrogen-bond acceptors (Lipinski definition) is 5. The van der Waals surface area contributed by atoms with Crippen LogP contribution < -0.4 is 4.74 Å². The van der Waals surface area contributed by atoms with Crippen LogP contribution >= 0.6 is 11.8 Å². The third kappa shape index (κ3) is 3.61. The second kappa shape index (κ2) is 5.93. The fourth-order valence-electron chi connectivity index (χ4n) is 1.69. The molecule has 0 unspecified atom stereocenters. The molecule has 0 spiro atoms. The average Bonchev–Trinajstić information content (AvgIpc) is 2.36. The van der Waals surface area contributed by atoms with Gasteiger partial charge in [-0.3, -0.25) is 0 Å². The topological polar surface area (TPSA) is 55.2 Å². The van der Waals surface area contributed by atoms with Gasteiger partial charge in [-0.25, -0.2) is 4.98 Å². The molecular weight excluding hydrogens is 260 g/mol. The minimum absolute atomic E-state index is 0.0152. The van der Waals surface area contributed by atoms with Gasteiger partial charge in [0.25, 0.3) is 0 Å². The zero-order valence-electron chi connectivity index (χ0n) is 11.2. The lowest BCUT2D eigenvalue weighted by Crippen LogP contribution is -1.93. The van der Waals surface area contributed by atoms with E-state index in [1.807, 2.05) is 32.0 Å². The minimum atomic E-state index is 0.0152. The van der Waals surface area contributed by atoms with Crippen molar-refractivity contribution in [3.05, 3.63) is 41.1 Å². The molecule has 2 rings (SSSR count). The lowest BCUT2D eigenvalue weighted by Gasteiger charge is -2.07. The Morgan fingerprint density at radius 2 is 2.00 bits per heavy atom. The molecule has 5 heteroatoms. The van der Waals surface area contributed by atoms with E-state index < -0.39 is 0 Å². The number of methoxy groups -OCH3 is 1. The molecule has 0 aliphatic rings. The third-order valence-corrected chi connectivity index (χ3v) is 3.62. The van der Waals surface area contributed by atoms with E-state index in [4.69, 9.17) is 4.74 Å². The summed E-state index contributed by atoms with van der Waals surface area (Å²) in [5.41, 5.74) is 3.14. The van der Waals surface area contributed by atoms with Crippen molar-refractivity contribution < 1.29 is 9.84 Å². The highest BCUT2D eigenvalue weighted by Gasteiger charge is 2.05. The SMILES string of the molecule is COc1ccc(CSc2nc(C)cc(O)n2)c(C)c1. The van der Waals surface area contributed by atoms with E-state index in [2.05, 4.69) is 9.97 Å². The van der Waals surface area contributed by atoms with Crippen molar-refractivity contribution in [2.75, 3.05) is 7.11 Å². The number of hydrogen-bond donors (Lipinski definition) is 1. The van der Waals surface area contributed by atoms with Gasteiger partial charge in [-0.2, -0.15) is 4.98 Å². The maximum absolute atomic E-state index is 9.43. The molecule has 0 amide bonds. The van der Waals surface area contributed by atoms with Crippen LogP contribution in [0.15, 0.2) is 29.4 Å². The molecule has 100 valence electrons. The standard InChI is InChI=1S/C14H16N2O2S/c1-9-6-12(18-3)5-4-11(9)8-19-14-15-10(2)7-13(17)16-14/h4-7H,8H2,1-3H3,(H,15,16,17). The predicted octanol–water partition coefficient (Wildman–Crippen LogP) is 3.10. The van der Waals surface area contributed by atoms with Crippen LogP contribution in [-0.4, -0.2) is 22.2 Å². The molecule has 1 heterocycles. The monoisotopic (exact) mass is 276 g/mol. The number of thioether (sulfide) groups is 1. The summed E-state index contributed by atoms with van der Waals surface area (Å²) in [6, 6.07) is 7.53. The van der Waals surface area contributed by atoms with Crippen molar-refractivity contribution in [3.8, 4) is 11.6 Å². The van der Waals surface area contributed by atoms with Crippen molar-refractivity contribution in [2.45, 2.75) is 24.8 Å². The van der Waals surface area contributed by atoms with Crippen molar-refractivity contribution in [2.24, 2.45) is 0 Å². The van der Waals surface area contributed by atoms with Crippen LogP contribution in [0.3, 0.4) is 0 Å². The molecule has 2 aromatic rings. The molecule has 0 radical (unpaired) electrons. The summed E-state index contributed by atoms with van der Waals surface area (Å²) in [6.07, 6.45) is 0. The first-order valence-corrected chi connectivity index (χ1v) is 6.88. The Kier molecular flexibility index (Phi) is 4.27. The van der Waals surface area contributed by atoms with Gasteiger partial charge in [0, 0.05) is 17.5 Å². The molecule has 0 saturated heterocycles. The summed E-state index contributed by atoms with van der Waals surface area (Å²) in [6.45, 7) is 3.89. The van der Waals surface area contributed by atoms with Crippen LogP contribution in [0.2, 0.25) is 0 Å². The largest absolute Gasteiger partial charge is 0.497 e. The van der Waals surface area contributed by atoms with Crippen LogP contribution in [0.5, 0.6) is 11.6 Å². The summed E-state index contributed by atoms with van der Waals surface area (Å²) in [5, 5.41) is 10.0. The summed E-state index contributed by atoms with van der Waals surface area (Å²) in [5.74, 6) is 1.63. The third-order valence-electron chi connectivity index (χ3n) is 2.73. The second-order valence-electron chi connectivity index (χ2n) is 4.23. The molecule has 4 nitrogen and oxygen atoms in total. The quantitative estimate of drug-likeness (QED) is 0.687. The summed E-state index contributed by atoms with van der Waals surface area (Å²) in [7, 11) is 1.66. The molecule has 0 atom stereocenters. The number of aryl methyl sites for hydroxylation is 2. The Morgan fingerprint density at radius 1 is 1.21 bits per heavy atom. The molecule has 0 saturated carbocycles. The van der Waals surface area contributed by atoms with Crippen molar-refractivity contribution in [1.29, 1.82) is 0 Å². The van der Waals surface area contributed by atoms with Gasteiger partial charge in [0.2, 0.25) is 5.88 Å². The maximum atomic E-state index is 9.43. The molecule has 1 aromatic heterocycles. The van der Waals surface area contributed by atoms with Crippen LogP contribution in [0.25, 0.3) is 0 Å². The fraction of sp³-hybridized carbons (Fsp3) is 0.286. The van der Waals surface area contributed by atoms with E-state index in [-0.39, 0.29) is 5.88 Å². The first-order chi connectivity index (χ1) is 9.08. The lowest BCUT2D eigenvalue weighted by molar-refractivity contribution is 0.414. The van der Waals surface area contributed by atoms with E-state index in [0.717, 1.165) is 17.2 Å². The highest BCUT2D eigenvalue weighted by atomic mass is 32.2. The molecule has 1 aromatic carbocycles. The van der Waals surface area contributed by atoms with Gasteiger partial charge in [-0.05, 0) is 37.1 Å². The van der Waals surface area contributed by atoms with Gasteiger partial charge in [0.05, 0.1) is 7.11 Å². The number of aromatic nitrogens is 2. The molecule has 1 N–H and O–H groups in total. The van der Waals surface area contributed by atoms with E-state index in [1.54, 1.807) is 13.2 Å². The molecule has 0 fully saturated rings. The Bertz CT molecular complexity index is 567. The van der Waals surface area contributed by atoms with E-state index in [9.17, 15) is 5.11 Å². The zero-order chi connectivity index (χ0) is 13.8. The highest BCUT2D eigenvalue weighted by molar-refractivity contribution is 7.98. The summed E-state index contributed by atoms with van der Waals surface area (Å²) in [4.78, 5) is 8.27. The first kappa shape index (κ1) is 13.7. The van der Waals surface area contributed by atoms with Crippen LogP contribution in [0, 0.1) is 13.8 Å². The Morgan fingerprint density at radius 3 is 2.63 bits per heavy atom. The van der Waals surface area contributed by atoms with Gasteiger partial charge in [0.1, 0.15) is 5.75 Å². The number of rotatable bonds is 4. The van der Waals surface area contributed by atoms with Gasteiger partial charge >= 0.3 is 0 Å². The lowest BCUT2D eigenvalue weighted by atomic mass is 10.1. The Balaban J connectivity index is 2.10. The number of ether oxygens (including phenoxy) is 1. The summed E-state index contributed by atoms with van der Waals surface area (Å²) < 4.78 is 5.18. The molecule has 0 aliphatic carbocycles. The van der Waals surface area contributed by atoms with Crippen molar-refractivity contribution in [1.82, 2.24) is 9.97 Å². The number of aromatic hydroxyl groups is 1. The van der Waals surface area contributed by atoms with Gasteiger partial charge in [-0.15, -0.1) is 0 Å². The fourth-order valence-corrected chi connectivity index (χ4v) is 2.66. The molecule has 19 heavy (non-hydrogen) atoms. The smallest absolute Gasteiger partial charge is 0.215 e. The van der Waals surface area contributed by atoms with Crippen molar-refractivity contribution >= 4 is 11.8 Å². The van der Waals surface area contributed by atoms with Gasteiger partial charge in [-0.1, -0.05) is 17.8 Å². The van der Waals surface area contributed by atoms with Crippen LogP contribution in [0.4, 0.5) is 0 Å². The van der Waals surface area contributed by atoms with Gasteiger partial charge < -0.3 is 9.84 Å². The van der Waals surface area contributed by atoms with E-state index in [0.29, 0.717) is 5.16 Å². The van der Waals surface area contributed by atoms with Crippen molar-refractivity contribution in [3.63, 3.8) is 0 Å². The predicted molar refractivity (Wildman–Crippen MR) is 75.7 cm³/mol. The number of nitrogens with zero attached hydrogens (tertiary/aromatic N) is 2. The average molecular weight is 276 g/mol. The Labute approximate surface area is 116 Å². The zero-order valence-corrected chi connectivity index (χ0v) is 12.0. The maximum Gasteiger partial charge on any atom is 0.215 e. The van der Waals surface area contributed by atoms with E-state index >= 15 is 0 Å². The molecule has 0 aliphatic heterocycles. The molecule has 0 bridgehead atoms. The summed E-state index contributed by atoms with van der Waals surface area (Å²) >= 11 is 1.51. The van der Waals surface area contributed by atoms with E-state index in [1.165, 1.54) is 22.9 Å². The second-order valence-corrected chi connectivity index (χ2v) is 5.17. The number of benzene rings is 1. The minimum Gasteiger partial charge on any atom is -0.497 e. The molecular formula is C14H16N2O2S.